The van der Waals surface area contributed by atoms with Crippen LogP contribution in [-0.4, -0.2) is 53.3 Å². The molecule has 2 amide bonds. The first-order chi connectivity index (χ1) is 19.0. The molecule has 0 aromatic carbocycles. The van der Waals surface area contributed by atoms with E-state index in [2.05, 4.69) is 30.6 Å². The van der Waals surface area contributed by atoms with Gasteiger partial charge < -0.3 is 25.2 Å². The van der Waals surface area contributed by atoms with Crippen LogP contribution >= 0.6 is 0 Å². The molecule has 9 atom stereocenters. The van der Waals surface area contributed by atoms with Gasteiger partial charge in [0.05, 0.1) is 0 Å². The zero-order valence-corrected chi connectivity index (χ0v) is 25.9. The molecule has 230 valence electrons. The van der Waals surface area contributed by atoms with E-state index in [0.29, 0.717) is 17.8 Å². The number of carboxylic acids is 1. The van der Waals surface area contributed by atoms with Crippen LogP contribution in [0, 0.1) is 40.4 Å². The molecule has 0 aliphatic heterocycles. The number of amides is 2. The zero-order valence-electron chi connectivity index (χ0n) is 25.9. The summed E-state index contributed by atoms with van der Waals surface area (Å²) in [6.45, 7) is 13.2. The number of fused-ring (bicyclic) bond motifs is 5. The second kappa shape index (κ2) is 11.6. The molecule has 3 fully saturated rings. The maximum atomic E-state index is 13.3. The first-order valence-corrected chi connectivity index (χ1v) is 15.4. The molecule has 0 aromatic rings. The van der Waals surface area contributed by atoms with Crippen LogP contribution in [0.15, 0.2) is 11.6 Å². The molecule has 3 N–H and O–H groups in total. The third kappa shape index (κ3) is 6.43. The van der Waals surface area contributed by atoms with Crippen molar-refractivity contribution in [3.8, 4) is 0 Å². The van der Waals surface area contributed by atoms with Gasteiger partial charge in [-0.15, -0.1) is 0 Å². The van der Waals surface area contributed by atoms with Gasteiger partial charge in [0.15, 0.2) is 0 Å². The van der Waals surface area contributed by atoms with Crippen LogP contribution in [0.5, 0.6) is 0 Å². The van der Waals surface area contributed by atoms with Gasteiger partial charge in [-0.3, -0.25) is 9.59 Å². The van der Waals surface area contributed by atoms with Crippen molar-refractivity contribution in [3.05, 3.63) is 11.6 Å². The number of hydrogen-bond acceptors (Lipinski definition) is 6. The number of rotatable bonds is 7. The third-order valence-electron chi connectivity index (χ3n) is 11.0. The number of alkyl carbamates (subject to hydrolysis) is 1. The van der Waals surface area contributed by atoms with E-state index in [9.17, 15) is 24.3 Å². The van der Waals surface area contributed by atoms with Gasteiger partial charge in [-0.25, -0.2) is 9.59 Å². The Bertz CT molecular complexity index is 1080. The monoisotopic (exact) mass is 574 g/mol. The summed E-state index contributed by atoms with van der Waals surface area (Å²) in [6, 6.07) is -1.27. The molecule has 0 heterocycles. The van der Waals surface area contributed by atoms with Crippen molar-refractivity contribution in [2.75, 3.05) is 6.54 Å². The highest BCUT2D eigenvalue weighted by Crippen LogP contribution is 2.67. The standard InChI is InChI=1S/C32H50N2O7/c1-18(27(36)33-17-26(28(37)38)34-29(39)41-30(3,4)5)23-10-11-24-22-9-8-20-16-21(40-19(2)35)12-14-31(20,6)25(22)13-15-32(23,24)7/h8,18,21-26H,9-17H2,1-7H3,(H,33,36)(H,34,39)(H,37,38)/t18-,21-,22?,23+,24-,25-,26-,31-,32+/m0/s1. The summed E-state index contributed by atoms with van der Waals surface area (Å²) in [7, 11) is 0. The Morgan fingerprint density at radius 1 is 1.07 bits per heavy atom. The molecule has 1 unspecified atom stereocenters. The lowest BCUT2D eigenvalue weighted by molar-refractivity contribution is -0.148. The molecule has 4 rings (SSSR count). The van der Waals surface area contributed by atoms with Gasteiger partial charge in [0.1, 0.15) is 17.7 Å². The number of nitrogens with one attached hydrogen (secondary N) is 2. The van der Waals surface area contributed by atoms with Crippen LogP contribution < -0.4 is 10.6 Å². The number of ether oxygens (including phenoxy) is 2. The van der Waals surface area contributed by atoms with Gasteiger partial charge in [0.25, 0.3) is 0 Å². The maximum absolute atomic E-state index is 13.3. The van der Waals surface area contributed by atoms with Crippen LogP contribution in [0.2, 0.25) is 0 Å². The smallest absolute Gasteiger partial charge is 0.408 e. The molecule has 9 nitrogen and oxygen atoms in total. The molecule has 0 radical (unpaired) electrons. The van der Waals surface area contributed by atoms with Gasteiger partial charge in [0, 0.05) is 25.8 Å². The highest BCUT2D eigenvalue weighted by Gasteiger charge is 2.59. The summed E-state index contributed by atoms with van der Waals surface area (Å²) in [4.78, 5) is 48.7. The van der Waals surface area contributed by atoms with Gasteiger partial charge in [-0.05, 0) is 100 Å². The second-order valence-corrected chi connectivity index (χ2v) is 14.5. The lowest BCUT2D eigenvalue weighted by Gasteiger charge is -2.58. The van der Waals surface area contributed by atoms with Crippen LogP contribution in [0.25, 0.3) is 0 Å². The number of aliphatic carboxylic acids is 1. The normalized spacial score (nSPS) is 35.9. The van der Waals surface area contributed by atoms with E-state index in [-0.39, 0.29) is 47.2 Å². The molecular formula is C32H50N2O7. The molecule has 0 aromatic heterocycles. The highest BCUT2D eigenvalue weighted by atomic mass is 16.6. The number of allylic oxidation sites excluding steroid dienone is 1. The highest BCUT2D eigenvalue weighted by molar-refractivity contribution is 5.83. The minimum absolute atomic E-state index is 0.00693. The fourth-order valence-electron chi connectivity index (χ4n) is 9.02. The quantitative estimate of drug-likeness (QED) is 0.280. The van der Waals surface area contributed by atoms with Gasteiger partial charge in [-0.1, -0.05) is 32.4 Å². The minimum atomic E-state index is -1.27. The topological polar surface area (TPSA) is 131 Å². The lowest BCUT2D eigenvalue weighted by Crippen LogP contribution is -2.53. The molecule has 4 aliphatic rings. The summed E-state index contributed by atoms with van der Waals surface area (Å²) >= 11 is 0. The van der Waals surface area contributed by atoms with E-state index < -0.39 is 23.7 Å². The first-order valence-electron chi connectivity index (χ1n) is 15.4. The number of carboxylic acid groups (broad SMARTS) is 1. The predicted molar refractivity (Wildman–Crippen MR) is 154 cm³/mol. The van der Waals surface area contributed by atoms with E-state index in [0.717, 1.165) is 51.4 Å². The number of carbonyl (C=O) groups excluding carboxylic acids is 3. The fraction of sp³-hybridized carbons (Fsp3) is 0.812. The first kappa shape index (κ1) is 31.4. The largest absolute Gasteiger partial charge is 0.480 e. The van der Waals surface area contributed by atoms with Crippen molar-refractivity contribution in [1.82, 2.24) is 10.6 Å². The molecule has 41 heavy (non-hydrogen) atoms. The van der Waals surface area contributed by atoms with Crippen molar-refractivity contribution in [2.24, 2.45) is 40.4 Å². The van der Waals surface area contributed by atoms with Crippen molar-refractivity contribution < 1.29 is 33.8 Å². The molecular weight excluding hydrogens is 524 g/mol. The lowest BCUT2D eigenvalue weighted by atomic mass is 9.47. The number of hydrogen-bond donors (Lipinski definition) is 3. The van der Waals surface area contributed by atoms with Gasteiger partial charge in [0.2, 0.25) is 5.91 Å². The Labute approximate surface area is 244 Å². The Balaban J connectivity index is 1.39. The van der Waals surface area contributed by atoms with Crippen molar-refractivity contribution in [1.29, 1.82) is 0 Å². The van der Waals surface area contributed by atoms with Crippen LogP contribution in [0.3, 0.4) is 0 Å². The van der Waals surface area contributed by atoms with Crippen molar-refractivity contribution >= 4 is 23.9 Å². The summed E-state index contributed by atoms with van der Waals surface area (Å²) < 4.78 is 10.8. The molecule has 0 bridgehead atoms. The average Bonchev–Trinajstić information content (AvgIpc) is 3.21. The molecule has 0 saturated heterocycles. The summed E-state index contributed by atoms with van der Waals surface area (Å²) in [6.07, 6.45) is 9.77. The van der Waals surface area contributed by atoms with E-state index >= 15 is 0 Å². The maximum Gasteiger partial charge on any atom is 0.408 e. The van der Waals surface area contributed by atoms with E-state index in [1.54, 1.807) is 20.8 Å². The molecule has 9 heteroatoms. The number of esters is 1. The summed E-state index contributed by atoms with van der Waals surface area (Å²) in [5.74, 6) is 0.0972. The van der Waals surface area contributed by atoms with E-state index in [4.69, 9.17) is 9.47 Å². The van der Waals surface area contributed by atoms with E-state index in [1.807, 2.05) is 6.92 Å². The SMILES string of the molecule is CC(=O)O[C@H]1CC[C@@]2(C)C(=CCC3[C@@H]4CC[C@H]([C@H](C)C(=O)NC[C@H](NC(=O)OC(C)(C)C)C(=O)O)[C@@]4(C)CC[C@@H]32)C1. The molecule has 0 spiro atoms. The van der Waals surface area contributed by atoms with Gasteiger partial charge in [-0.2, -0.15) is 0 Å². The van der Waals surface area contributed by atoms with Crippen molar-refractivity contribution in [2.45, 2.75) is 118 Å². The fourth-order valence-corrected chi connectivity index (χ4v) is 9.02. The van der Waals surface area contributed by atoms with Gasteiger partial charge >= 0.3 is 18.0 Å². The average molecular weight is 575 g/mol. The molecule has 4 aliphatic carbocycles. The number of carbonyl (C=O) groups is 4. The Morgan fingerprint density at radius 2 is 1.78 bits per heavy atom. The van der Waals surface area contributed by atoms with Crippen LogP contribution in [0.4, 0.5) is 4.79 Å². The predicted octanol–water partition coefficient (Wildman–Crippen LogP) is 5.23. The van der Waals surface area contributed by atoms with E-state index in [1.165, 1.54) is 12.5 Å². The molecule has 3 saturated carbocycles. The zero-order chi connectivity index (χ0) is 30.3. The Kier molecular flexibility index (Phi) is 8.87. The summed E-state index contributed by atoms with van der Waals surface area (Å²) in [5, 5.41) is 14.8. The summed E-state index contributed by atoms with van der Waals surface area (Å²) in [5.41, 5.74) is 0.911. The van der Waals surface area contributed by atoms with Crippen LogP contribution in [0.1, 0.15) is 99.8 Å². The third-order valence-corrected chi connectivity index (χ3v) is 11.0. The van der Waals surface area contributed by atoms with Crippen LogP contribution in [-0.2, 0) is 23.9 Å². The minimum Gasteiger partial charge on any atom is -0.480 e. The Morgan fingerprint density at radius 3 is 2.41 bits per heavy atom. The Hall–Kier alpha value is -2.58. The van der Waals surface area contributed by atoms with Crippen molar-refractivity contribution in [3.63, 3.8) is 0 Å². The second-order valence-electron chi connectivity index (χ2n) is 14.5.